The molecule has 0 heterocycles. The molecular formula is C11H11F3N2. The molecule has 0 atom stereocenters. The Morgan fingerprint density at radius 2 is 1.75 bits per heavy atom. The maximum Gasteiger partial charge on any atom is 0.418 e. The zero-order valence-electron chi connectivity index (χ0n) is 8.89. The molecule has 5 heteroatoms. The number of rotatable bonds is 2. The standard InChI is InChI=1S/C11H11F3N2/c1-10(2,7-15)16-9-6-4-3-5-8(9)11(12,13)14/h3-6,16H,1-2H3. The van der Waals surface area contributed by atoms with Crippen molar-refractivity contribution in [1.29, 1.82) is 5.26 Å². The number of halogens is 3. The molecule has 2 nitrogen and oxygen atoms in total. The Labute approximate surface area is 91.7 Å². The maximum absolute atomic E-state index is 12.6. The fourth-order valence-corrected chi connectivity index (χ4v) is 1.20. The molecule has 16 heavy (non-hydrogen) atoms. The van der Waals surface area contributed by atoms with Gasteiger partial charge < -0.3 is 5.32 Å². The Morgan fingerprint density at radius 3 is 2.25 bits per heavy atom. The lowest BCUT2D eigenvalue weighted by molar-refractivity contribution is -0.137. The van der Waals surface area contributed by atoms with E-state index in [-0.39, 0.29) is 5.69 Å². The van der Waals surface area contributed by atoms with Gasteiger partial charge >= 0.3 is 6.18 Å². The molecule has 0 fully saturated rings. The monoisotopic (exact) mass is 228 g/mol. The summed E-state index contributed by atoms with van der Waals surface area (Å²) in [6.45, 7) is 3.03. The van der Waals surface area contributed by atoms with E-state index in [4.69, 9.17) is 5.26 Å². The van der Waals surface area contributed by atoms with Gasteiger partial charge in [0.15, 0.2) is 0 Å². The zero-order chi connectivity index (χ0) is 12.4. The summed E-state index contributed by atoms with van der Waals surface area (Å²) in [7, 11) is 0. The lowest BCUT2D eigenvalue weighted by Gasteiger charge is -2.22. The third-order valence-electron chi connectivity index (χ3n) is 1.96. The number of benzene rings is 1. The Balaban J connectivity index is 3.12. The molecule has 0 bridgehead atoms. The Hall–Kier alpha value is -1.70. The third kappa shape index (κ3) is 2.89. The van der Waals surface area contributed by atoms with Crippen molar-refractivity contribution in [2.45, 2.75) is 25.6 Å². The van der Waals surface area contributed by atoms with Crippen molar-refractivity contribution in [2.75, 3.05) is 5.32 Å². The second-order valence-electron chi connectivity index (χ2n) is 3.91. The number of nitriles is 1. The van der Waals surface area contributed by atoms with Gasteiger partial charge in [0.1, 0.15) is 5.54 Å². The molecular weight excluding hydrogens is 217 g/mol. The molecule has 86 valence electrons. The van der Waals surface area contributed by atoms with Crippen molar-refractivity contribution < 1.29 is 13.2 Å². The van der Waals surface area contributed by atoms with Crippen LogP contribution in [0, 0.1) is 11.3 Å². The average Bonchev–Trinajstić information content (AvgIpc) is 2.16. The van der Waals surface area contributed by atoms with Crippen LogP contribution in [0.15, 0.2) is 24.3 Å². The van der Waals surface area contributed by atoms with E-state index in [2.05, 4.69) is 5.32 Å². The minimum atomic E-state index is -4.42. The van der Waals surface area contributed by atoms with Crippen LogP contribution >= 0.6 is 0 Å². The van der Waals surface area contributed by atoms with E-state index < -0.39 is 17.3 Å². The summed E-state index contributed by atoms with van der Waals surface area (Å²) in [5, 5.41) is 11.3. The van der Waals surface area contributed by atoms with Crippen molar-refractivity contribution >= 4 is 5.69 Å². The normalized spacial score (nSPS) is 12.0. The predicted octanol–water partition coefficient (Wildman–Crippen LogP) is 3.42. The summed E-state index contributed by atoms with van der Waals surface area (Å²) < 4.78 is 37.8. The minimum Gasteiger partial charge on any atom is -0.367 e. The number of anilines is 1. The molecule has 0 aliphatic carbocycles. The van der Waals surface area contributed by atoms with Crippen molar-refractivity contribution in [2.24, 2.45) is 0 Å². The van der Waals surface area contributed by atoms with Gasteiger partial charge in [0.05, 0.1) is 11.6 Å². The van der Waals surface area contributed by atoms with Gasteiger partial charge in [-0.15, -0.1) is 0 Å². The first-order valence-corrected chi connectivity index (χ1v) is 4.62. The molecule has 0 saturated heterocycles. The quantitative estimate of drug-likeness (QED) is 0.841. The molecule has 0 amide bonds. The largest absolute Gasteiger partial charge is 0.418 e. The molecule has 1 aromatic rings. The molecule has 0 aliphatic rings. The summed E-state index contributed by atoms with van der Waals surface area (Å²) in [6.07, 6.45) is -4.42. The van der Waals surface area contributed by atoms with Gasteiger partial charge in [-0.05, 0) is 26.0 Å². The maximum atomic E-state index is 12.6. The van der Waals surface area contributed by atoms with Crippen LogP contribution in [0.1, 0.15) is 19.4 Å². The predicted molar refractivity (Wildman–Crippen MR) is 54.8 cm³/mol. The summed E-state index contributed by atoms with van der Waals surface area (Å²) in [6, 6.07) is 6.98. The minimum absolute atomic E-state index is 0.0819. The molecule has 0 aliphatic heterocycles. The van der Waals surface area contributed by atoms with Crippen molar-refractivity contribution in [1.82, 2.24) is 0 Å². The van der Waals surface area contributed by atoms with Crippen LogP contribution in [0.5, 0.6) is 0 Å². The number of alkyl halides is 3. The Bertz CT molecular complexity index is 416. The fraction of sp³-hybridized carbons (Fsp3) is 0.364. The van der Waals surface area contributed by atoms with Gasteiger partial charge in [-0.1, -0.05) is 12.1 Å². The summed E-state index contributed by atoms with van der Waals surface area (Å²) in [5.41, 5.74) is -1.89. The first kappa shape index (κ1) is 12.4. The van der Waals surface area contributed by atoms with Crippen LogP contribution < -0.4 is 5.32 Å². The van der Waals surface area contributed by atoms with Gasteiger partial charge in [0.25, 0.3) is 0 Å². The molecule has 1 aromatic carbocycles. The first-order chi connectivity index (χ1) is 7.26. The van der Waals surface area contributed by atoms with Crippen LogP contribution in [0.25, 0.3) is 0 Å². The first-order valence-electron chi connectivity index (χ1n) is 4.62. The zero-order valence-corrected chi connectivity index (χ0v) is 8.89. The van der Waals surface area contributed by atoms with Gasteiger partial charge in [-0.25, -0.2) is 0 Å². The van der Waals surface area contributed by atoms with Crippen LogP contribution in [0.2, 0.25) is 0 Å². The van der Waals surface area contributed by atoms with E-state index in [0.717, 1.165) is 6.07 Å². The number of nitrogens with one attached hydrogen (secondary N) is 1. The molecule has 0 unspecified atom stereocenters. The Morgan fingerprint density at radius 1 is 1.19 bits per heavy atom. The van der Waals surface area contributed by atoms with E-state index in [1.54, 1.807) is 0 Å². The van der Waals surface area contributed by atoms with Crippen LogP contribution in [0.3, 0.4) is 0 Å². The van der Waals surface area contributed by atoms with Crippen LogP contribution in [-0.2, 0) is 6.18 Å². The summed E-state index contributed by atoms with van der Waals surface area (Å²) in [4.78, 5) is 0. The number of hydrogen-bond donors (Lipinski definition) is 1. The smallest absolute Gasteiger partial charge is 0.367 e. The molecule has 1 N–H and O–H groups in total. The SMILES string of the molecule is CC(C)(C#N)Nc1ccccc1C(F)(F)F. The van der Waals surface area contributed by atoms with Gasteiger partial charge in [0.2, 0.25) is 0 Å². The van der Waals surface area contributed by atoms with E-state index in [1.807, 2.05) is 6.07 Å². The molecule has 0 aromatic heterocycles. The van der Waals surface area contributed by atoms with Gasteiger partial charge in [-0.2, -0.15) is 18.4 Å². The second-order valence-corrected chi connectivity index (χ2v) is 3.91. The molecule has 0 radical (unpaired) electrons. The lowest BCUT2D eigenvalue weighted by atomic mass is 10.1. The summed E-state index contributed by atoms with van der Waals surface area (Å²) >= 11 is 0. The van der Waals surface area contributed by atoms with Crippen LogP contribution in [-0.4, -0.2) is 5.54 Å². The highest BCUT2D eigenvalue weighted by molar-refractivity contribution is 5.55. The van der Waals surface area contributed by atoms with Gasteiger partial charge in [-0.3, -0.25) is 0 Å². The molecule has 0 spiro atoms. The van der Waals surface area contributed by atoms with E-state index in [9.17, 15) is 13.2 Å². The van der Waals surface area contributed by atoms with Crippen molar-refractivity contribution in [3.05, 3.63) is 29.8 Å². The highest BCUT2D eigenvalue weighted by Crippen LogP contribution is 2.35. The number of para-hydroxylation sites is 1. The number of nitrogens with zero attached hydrogens (tertiary/aromatic N) is 1. The second kappa shape index (κ2) is 4.05. The summed E-state index contributed by atoms with van der Waals surface area (Å²) in [5.74, 6) is 0. The van der Waals surface area contributed by atoms with Crippen LogP contribution in [0.4, 0.5) is 18.9 Å². The fourth-order valence-electron chi connectivity index (χ4n) is 1.20. The van der Waals surface area contributed by atoms with E-state index >= 15 is 0 Å². The third-order valence-corrected chi connectivity index (χ3v) is 1.96. The number of hydrogen-bond acceptors (Lipinski definition) is 2. The van der Waals surface area contributed by atoms with Gasteiger partial charge in [0, 0.05) is 5.69 Å². The molecule has 0 saturated carbocycles. The topological polar surface area (TPSA) is 35.8 Å². The van der Waals surface area contributed by atoms with E-state index in [0.29, 0.717) is 0 Å². The van der Waals surface area contributed by atoms with Crippen molar-refractivity contribution in [3.63, 3.8) is 0 Å². The Kier molecular flexibility index (Phi) is 3.13. The highest BCUT2D eigenvalue weighted by Gasteiger charge is 2.34. The van der Waals surface area contributed by atoms with Crippen molar-refractivity contribution in [3.8, 4) is 6.07 Å². The highest BCUT2D eigenvalue weighted by atomic mass is 19.4. The lowest BCUT2D eigenvalue weighted by Crippen LogP contribution is -2.29. The molecule has 1 rings (SSSR count). The average molecular weight is 228 g/mol. The van der Waals surface area contributed by atoms with E-state index in [1.165, 1.54) is 32.0 Å².